The fourth-order valence-corrected chi connectivity index (χ4v) is 4.22. The lowest BCUT2D eigenvalue weighted by molar-refractivity contribution is -0.122. The van der Waals surface area contributed by atoms with E-state index in [1.807, 2.05) is 0 Å². The normalized spacial score (nSPS) is 28.2. The number of amides is 1. The van der Waals surface area contributed by atoms with Crippen molar-refractivity contribution in [2.75, 3.05) is 5.32 Å². The van der Waals surface area contributed by atoms with Crippen LogP contribution in [0.1, 0.15) is 37.7 Å². The first-order valence-electron chi connectivity index (χ1n) is 8.56. The number of nitrogens with one attached hydrogen (secondary N) is 1. The van der Waals surface area contributed by atoms with Gasteiger partial charge in [-0.3, -0.25) is 4.79 Å². The number of nitrogens with two attached hydrogens (primary N) is 1. The van der Waals surface area contributed by atoms with E-state index in [0.717, 1.165) is 25.7 Å². The third-order valence-corrected chi connectivity index (χ3v) is 5.48. The molecule has 25 heavy (non-hydrogen) atoms. The van der Waals surface area contributed by atoms with Crippen LogP contribution in [0.3, 0.4) is 0 Å². The first kappa shape index (κ1) is 19.9. The smallest absolute Gasteiger partial charge is 0.387 e. The molecular formula is C18H25ClF2N2O2. The lowest BCUT2D eigenvalue weighted by Crippen LogP contribution is -2.48. The van der Waals surface area contributed by atoms with Crippen LogP contribution in [-0.4, -0.2) is 18.6 Å². The van der Waals surface area contributed by atoms with Gasteiger partial charge in [0.15, 0.2) is 0 Å². The number of carbonyl (C=O) groups is 1. The SMILES string of the molecule is Cc1cccc(OC(F)F)c1NC(=O)C1CC2CCCC(C1)C2N.Cl. The maximum absolute atomic E-state index is 12.7. The molecule has 2 atom stereocenters. The van der Waals surface area contributed by atoms with Crippen molar-refractivity contribution in [3.8, 4) is 5.75 Å². The highest BCUT2D eigenvalue weighted by Gasteiger charge is 2.40. The maximum atomic E-state index is 12.7. The molecule has 2 aliphatic carbocycles. The number of hydrogen-bond acceptors (Lipinski definition) is 3. The summed E-state index contributed by atoms with van der Waals surface area (Å²) >= 11 is 0. The van der Waals surface area contributed by atoms with Crippen LogP contribution in [0, 0.1) is 24.7 Å². The van der Waals surface area contributed by atoms with Gasteiger partial charge < -0.3 is 15.8 Å². The topological polar surface area (TPSA) is 64.3 Å². The molecule has 7 heteroatoms. The van der Waals surface area contributed by atoms with Gasteiger partial charge in [0.1, 0.15) is 5.75 Å². The van der Waals surface area contributed by atoms with E-state index in [4.69, 9.17) is 5.73 Å². The lowest BCUT2D eigenvalue weighted by atomic mass is 9.65. The van der Waals surface area contributed by atoms with Gasteiger partial charge in [-0.25, -0.2) is 0 Å². The number of carbonyl (C=O) groups excluding carboxylic acids is 1. The van der Waals surface area contributed by atoms with Gasteiger partial charge in [-0.15, -0.1) is 12.4 Å². The van der Waals surface area contributed by atoms with Crippen LogP contribution >= 0.6 is 12.4 Å². The van der Waals surface area contributed by atoms with E-state index in [0.29, 0.717) is 23.1 Å². The van der Waals surface area contributed by atoms with Gasteiger partial charge in [0.25, 0.3) is 0 Å². The maximum Gasteiger partial charge on any atom is 0.387 e. The quantitative estimate of drug-likeness (QED) is 0.833. The van der Waals surface area contributed by atoms with Crippen molar-refractivity contribution in [1.82, 2.24) is 0 Å². The van der Waals surface area contributed by atoms with Crippen molar-refractivity contribution in [3.63, 3.8) is 0 Å². The Kier molecular flexibility index (Phi) is 6.63. The van der Waals surface area contributed by atoms with E-state index in [9.17, 15) is 13.6 Å². The van der Waals surface area contributed by atoms with Crippen molar-refractivity contribution in [2.45, 2.75) is 51.7 Å². The van der Waals surface area contributed by atoms with Gasteiger partial charge in [0.05, 0.1) is 5.69 Å². The number of anilines is 1. The number of fused-ring (bicyclic) bond motifs is 2. The third-order valence-electron chi connectivity index (χ3n) is 5.48. The second-order valence-electron chi connectivity index (χ2n) is 7.01. The highest BCUT2D eigenvalue weighted by Crippen LogP contribution is 2.42. The standard InChI is InChI=1S/C18H24F2N2O2.ClH/c1-10-4-2-7-14(24-18(19)20)16(10)22-17(23)13-8-11-5-3-6-12(9-13)15(11)21;/h2,4,7,11-13,15,18H,3,5-6,8-9,21H2,1H3,(H,22,23);1H. The minimum absolute atomic E-state index is 0. The molecule has 1 amide bonds. The van der Waals surface area contributed by atoms with Crippen LogP contribution in [0.2, 0.25) is 0 Å². The number of rotatable bonds is 4. The number of hydrogen-bond donors (Lipinski definition) is 2. The van der Waals surface area contributed by atoms with E-state index in [1.165, 1.54) is 12.5 Å². The Hall–Kier alpha value is -1.40. The Balaban J connectivity index is 0.00000225. The third kappa shape index (κ3) is 4.42. The predicted molar refractivity (Wildman–Crippen MR) is 95.2 cm³/mol. The van der Waals surface area contributed by atoms with Gasteiger partial charge in [-0.05, 0) is 56.1 Å². The predicted octanol–water partition coefficient (Wildman–Crippen LogP) is 4.11. The van der Waals surface area contributed by atoms with Crippen LogP contribution < -0.4 is 15.8 Å². The van der Waals surface area contributed by atoms with Crippen LogP contribution in [-0.2, 0) is 4.79 Å². The van der Waals surface area contributed by atoms with Crippen LogP contribution in [0.25, 0.3) is 0 Å². The molecule has 2 aliphatic rings. The molecule has 1 aromatic carbocycles. The Morgan fingerprint density at radius 2 is 1.92 bits per heavy atom. The largest absolute Gasteiger partial charge is 0.433 e. The van der Waals surface area contributed by atoms with E-state index in [2.05, 4.69) is 10.1 Å². The summed E-state index contributed by atoms with van der Waals surface area (Å²) in [6.07, 6.45) is 4.89. The van der Waals surface area contributed by atoms with Crippen molar-refractivity contribution in [2.24, 2.45) is 23.5 Å². The van der Waals surface area contributed by atoms with Gasteiger partial charge >= 0.3 is 6.61 Å². The van der Waals surface area contributed by atoms with Gasteiger partial charge in [0, 0.05) is 12.0 Å². The molecule has 140 valence electrons. The molecule has 0 heterocycles. The zero-order chi connectivity index (χ0) is 17.3. The Morgan fingerprint density at radius 3 is 2.52 bits per heavy atom. The fourth-order valence-electron chi connectivity index (χ4n) is 4.22. The summed E-state index contributed by atoms with van der Waals surface area (Å²) in [6, 6.07) is 5.03. The van der Waals surface area contributed by atoms with E-state index in [1.54, 1.807) is 19.1 Å². The molecular weight excluding hydrogens is 350 g/mol. The number of ether oxygens (including phenoxy) is 1. The summed E-state index contributed by atoms with van der Waals surface area (Å²) in [7, 11) is 0. The van der Waals surface area contributed by atoms with Crippen LogP contribution in [0.4, 0.5) is 14.5 Å². The van der Waals surface area contributed by atoms with Gasteiger partial charge in [0.2, 0.25) is 5.91 Å². The average molecular weight is 375 g/mol. The van der Waals surface area contributed by atoms with E-state index < -0.39 is 6.61 Å². The molecule has 3 rings (SSSR count). The van der Waals surface area contributed by atoms with Gasteiger partial charge in [-0.1, -0.05) is 18.6 Å². The van der Waals surface area contributed by atoms with Crippen LogP contribution in [0.15, 0.2) is 18.2 Å². The summed E-state index contributed by atoms with van der Waals surface area (Å²) in [5.41, 5.74) is 7.31. The first-order chi connectivity index (χ1) is 11.5. The average Bonchev–Trinajstić information content (AvgIpc) is 2.49. The number of halogens is 3. The molecule has 0 saturated heterocycles. The molecule has 3 N–H and O–H groups in total. The van der Waals surface area contributed by atoms with Crippen molar-refractivity contribution in [3.05, 3.63) is 23.8 Å². The van der Waals surface area contributed by atoms with Crippen molar-refractivity contribution in [1.29, 1.82) is 0 Å². The zero-order valence-electron chi connectivity index (χ0n) is 14.2. The molecule has 0 aliphatic heterocycles. The number of aryl methyl sites for hydroxylation is 1. The molecule has 1 aromatic rings. The zero-order valence-corrected chi connectivity index (χ0v) is 15.0. The second kappa shape index (κ2) is 8.32. The molecule has 2 unspecified atom stereocenters. The highest BCUT2D eigenvalue weighted by atomic mass is 35.5. The minimum Gasteiger partial charge on any atom is -0.433 e. The molecule has 0 spiro atoms. The molecule has 2 bridgehead atoms. The lowest BCUT2D eigenvalue weighted by Gasteiger charge is -2.43. The molecule has 4 nitrogen and oxygen atoms in total. The molecule has 2 fully saturated rings. The Morgan fingerprint density at radius 1 is 1.28 bits per heavy atom. The highest BCUT2D eigenvalue weighted by molar-refractivity contribution is 5.95. The minimum atomic E-state index is -2.92. The van der Waals surface area contributed by atoms with E-state index >= 15 is 0 Å². The van der Waals surface area contributed by atoms with Gasteiger partial charge in [-0.2, -0.15) is 8.78 Å². The number of para-hydroxylation sites is 1. The summed E-state index contributed by atoms with van der Waals surface area (Å²) in [6.45, 7) is -1.16. The summed E-state index contributed by atoms with van der Waals surface area (Å²) < 4.78 is 29.7. The first-order valence-corrected chi connectivity index (χ1v) is 8.56. The fraction of sp³-hybridized carbons (Fsp3) is 0.611. The summed E-state index contributed by atoms with van der Waals surface area (Å²) in [4.78, 5) is 12.7. The number of benzene rings is 1. The molecule has 2 saturated carbocycles. The Bertz CT molecular complexity index is 601. The molecule has 0 aromatic heterocycles. The van der Waals surface area contributed by atoms with Crippen LogP contribution in [0.5, 0.6) is 5.75 Å². The van der Waals surface area contributed by atoms with Crippen molar-refractivity contribution < 1.29 is 18.3 Å². The monoisotopic (exact) mass is 374 g/mol. The summed E-state index contributed by atoms with van der Waals surface area (Å²) in [5, 5.41) is 2.82. The number of alkyl halides is 2. The second-order valence-corrected chi connectivity index (χ2v) is 7.01. The molecule has 0 radical (unpaired) electrons. The summed E-state index contributed by atoms with van der Waals surface area (Å²) in [5.74, 6) is 0.557. The van der Waals surface area contributed by atoms with E-state index in [-0.39, 0.29) is 36.0 Å². The van der Waals surface area contributed by atoms with Crippen molar-refractivity contribution >= 4 is 24.0 Å². The Labute approximate surface area is 152 Å².